The summed E-state index contributed by atoms with van der Waals surface area (Å²) in [5.74, 6) is -1.22. The standard InChI is InChI=1S/C12H10N2O4S/c1-18-10(15)5-19-11-8-3-2-7(12(16)17)4-9(8)13-6-14-11/h2-4,6H,5H2,1H3,(H,16,17). The fraction of sp³-hybridized carbons (Fsp3) is 0.167. The Morgan fingerprint density at radius 3 is 2.84 bits per heavy atom. The quantitative estimate of drug-likeness (QED) is 0.516. The van der Waals surface area contributed by atoms with E-state index in [1.165, 1.54) is 37.3 Å². The number of methoxy groups -OCH3 is 1. The van der Waals surface area contributed by atoms with E-state index in [0.717, 1.165) is 0 Å². The summed E-state index contributed by atoms with van der Waals surface area (Å²) in [4.78, 5) is 30.1. The van der Waals surface area contributed by atoms with Gasteiger partial charge < -0.3 is 9.84 Å². The normalized spacial score (nSPS) is 10.4. The first-order valence-corrected chi connectivity index (χ1v) is 6.28. The second-order valence-corrected chi connectivity index (χ2v) is 4.54. The molecule has 0 spiro atoms. The van der Waals surface area contributed by atoms with Gasteiger partial charge >= 0.3 is 11.9 Å². The summed E-state index contributed by atoms with van der Waals surface area (Å²) in [5, 5.41) is 10.2. The highest BCUT2D eigenvalue weighted by Crippen LogP contribution is 2.25. The Morgan fingerprint density at radius 2 is 2.16 bits per heavy atom. The van der Waals surface area contributed by atoms with Crippen molar-refractivity contribution in [3.8, 4) is 0 Å². The molecule has 1 aromatic heterocycles. The third-order valence-electron chi connectivity index (χ3n) is 2.40. The van der Waals surface area contributed by atoms with Crippen molar-refractivity contribution in [2.75, 3.05) is 12.9 Å². The molecule has 0 amide bonds. The number of carboxylic acid groups (broad SMARTS) is 1. The highest BCUT2D eigenvalue weighted by molar-refractivity contribution is 8.00. The number of thioether (sulfide) groups is 1. The van der Waals surface area contributed by atoms with Gasteiger partial charge in [0.1, 0.15) is 11.4 Å². The molecule has 2 aromatic rings. The predicted molar refractivity (Wildman–Crippen MR) is 69.2 cm³/mol. The van der Waals surface area contributed by atoms with Gasteiger partial charge in [-0.15, -0.1) is 0 Å². The number of benzene rings is 1. The maximum atomic E-state index is 11.1. The van der Waals surface area contributed by atoms with Crippen LogP contribution in [0.3, 0.4) is 0 Å². The lowest BCUT2D eigenvalue weighted by atomic mass is 10.1. The van der Waals surface area contributed by atoms with Gasteiger partial charge in [0.25, 0.3) is 0 Å². The smallest absolute Gasteiger partial charge is 0.335 e. The minimum Gasteiger partial charge on any atom is -0.478 e. The number of carboxylic acids is 1. The van der Waals surface area contributed by atoms with E-state index in [0.29, 0.717) is 15.9 Å². The molecule has 0 radical (unpaired) electrons. The Bertz CT molecular complexity index is 645. The van der Waals surface area contributed by atoms with Crippen molar-refractivity contribution in [2.24, 2.45) is 0 Å². The summed E-state index contributed by atoms with van der Waals surface area (Å²) in [5.41, 5.74) is 0.692. The number of fused-ring (bicyclic) bond motifs is 1. The largest absolute Gasteiger partial charge is 0.478 e. The van der Waals surface area contributed by atoms with Crippen LogP contribution in [-0.2, 0) is 9.53 Å². The molecule has 98 valence electrons. The van der Waals surface area contributed by atoms with Crippen LogP contribution < -0.4 is 0 Å². The van der Waals surface area contributed by atoms with Gasteiger partial charge in [-0.25, -0.2) is 14.8 Å². The number of hydrogen-bond acceptors (Lipinski definition) is 6. The average molecular weight is 278 g/mol. The van der Waals surface area contributed by atoms with Crippen LogP contribution in [0.15, 0.2) is 29.6 Å². The lowest BCUT2D eigenvalue weighted by Gasteiger charge is -2.04. The molecule has 0 bridgehead atoms. The first-order chi connectivity index (χ1) is 9.11. The van der Waals surface area contributed by atoms with Crippen LogP contribution in [-0.4, -0.2) is 39.9 Å². The Balaban J connectivity index is 2.35. The summed E-state index contributed by atoms with van der Waals surface area (Å²) >= 11 is 1.22. The molecule has 1 N–H and O–H groups in total. The zero-order chi connectivity index (χ0) is 13.8. The maximum absolute atomic E-state index is 11.1. The minimum absolute atomic E-state index is 0.142. The van der Waals surface area contributed by atoms with E-state index in [1.54, 1.807) is 6.07 Å². The number of nitrogens with zero attached hydrogens (tertiary/aromatic N) is 2. The van der Waals surface area contributed by atoms with Crippen LogP contribution in [0.1, 0.15) is 10.4 Å². The molecule has 0 aliphatic rings. The molecule has 7 heteroatoms. The van der Waals surface area contributed by atoms with E-state index in [4.69, 9.17) is 5.11 Å². The third kappa shape index (κ3) is 3.00. The van der Waals surface area contributed by atoms with Crippen molar-refractivity contribution >= 4 is 34.6 Å². The lowest BCUT2D eigenvalue weighted by molar-refractivity contribution is -0.137. The van der Waals surface area contributed by atoms with E-state index < -0.39 is 5.97 Å². The number of rotatable bonds is 4. The second kappa shape index (κ2) is 5.66. The van der Waals surface area contributed by atoms with E-state index >= 15 is 0 Å². The third-order valence-corrected chi connectivity index (χ3v) is 3.38. The molecule has 0 fully saturated rings. The van der Waals surface area contributed by atoms with Crippen molar-refractivity contribution in [1.82, 2.24) is 9.97 Å². The fourth-order valence-corrected chi connectivity index (χ4v) is 2.29. The Labute approximate surface area is 112 Å². The van der Waals surface area contributed by atoms with Gasteiger partial charge in [-0.2, -0.15) is 0 Å². The van der Waals surface area contributed by atoms with Gasteiger partial charge in [0.05, 0.1) is 23.9 Å². The molecule has 6 nitrogen and oxygen atoms in total. The number of aromatic carboxylic acids is 1. The summed E-state index contributed by atoms with van der Waals surface area (Å²) in [7, 11) is 1.32. The molecular formula is C12H10N2O4S. The van der Waals surface area contributed by atoms with Crippen LogP contribution in [0.4, 0.5) is 0 Å². The highest BCUT2D eigenvalue weighted by Gasteiger charge is 2.10. The maximum Gasteiger partial charge on any atom is 0.335 e. The number of ether oxygens (including phenoxy) is 1. The topological polar surface area (TPSA) is 89.4 Å². The average Bonchev–Trinajstić information content (AvgIpc) is 2.43. The highest BCUT2D eigenvalue weighted by atomic mass is 32.2. The predicted octanol–water partition coefficient (Wildman–Crippen LogP) is 1.59. The van der Waals surface area contributed by atoms with Crippen molar-refractivity contribution in [3.63, 3.8) is 0 Å². The van der Waals surface area contributed by atoms with E-state index in [-0.39, 0.29) is 17.3 Å². The van der Waals surface area contributed by atoms with E-state index in [2.05, 4.69) is 14.7 Å². The van der Waals surface area contributed by atoms with Crippen molar-refractivity contribution < 1.29 is 19.4 Å². The lowest BCUT2D eigenvalue weighted by Crippen LogP contribution is -2.03. The van der Waals surface area contributed by atoms with E-state index in [9.17, 15) is 9.59 Å². The van der Waals surface area contributed by atoms with Crippen LogP contribution >= 0.6 is 11.8 Å². The zero-order valence-electron chi connectivity index (χ0n) is 9.99. The Hall–Kier alpha value is -2.15. The number of aromatic nitrogens is 2. The summed E-state index contributed by atoms with van der Waals surface area (Å²) in [6.45, 7) is 0. The molecule has 2 rings (SSSR count). The summed E-state index contributed by atoms with van der Waals surface area (Å²) in [6.07, 6.45) is 1.34. The number of esters is 1. The first kappa shape index (κ1) is 13.3. The number of hydrogen-bond donors (Lipinski definition) is 1. The minimum atomic E-state index is -1.01. The Morgan fingerprint density at radius 1 is 1.37 bits per heavy atom. The second-order valence-electron chi connectivity index (χ2n) is 3.58. The summed E-state index contributed by atoms with van der Waals surface area (Å²) in [6, 6.07) is 4.59. The van der Waals surface area contributed by atoms with Gasteiger partial charge in [0.2, 0.25) is 0 Å². The molecule has 19 heavy (non-hydrogen) atoms. The summed E-state index contributed by atoms with van der Waals surface area (Å²) < 4.78 is 4.55. The molecule has 0 aliphatic carbocycles. The van der Waals surface area contributed by atoms with Crippen LogP contribution in [0, 0.1) is 0 Å². The zero-order valence-corrected chi connectivity index (χ0v) is 10.8. The van der Waals surface area contributed by atoms with Gasteiger partial charge in [-0.3, -0.25) is 4.79 Å². The molecule has 0 aliphatic heterocycles. The molecular weight excluding hydrogens is 268 g/mol. The monoisotopic (exact) mass is 278 g/mol. The van der Waals surface area contributed by atoms with Crippen molar-refractivity contribution in [2.45, 2.75) is 5.03 Å². The van der Waals surface area contributed by atoms with Gasteiger partial charge in [0.15, 0.2) is 0 Å². The molecule has 1 aromatic carbocycles. The molecule has 0 atom stereocenters. The van der Waals surface area contributed by atoms with Crippen molar-refractivity contribution in [1.29, 1.82) is 0 Å². The van der Waals surface area contributed by atoms with Gasteiger partial charge in [-0.1, -0.05) is 11.8 Å². The molecule has 1 heterocycles. The number of carbonyl (C=O) groups is 2. The van der Waals surface area contributed by atoms with Crippen LogP contribution in [0.5, 0.6) is 0 Å². The first-order valence-electron chi connectivity index (χ1n) is 5.29. The SMILES string of the molecule is COC(=O)CSc1ncnc2cc(C(=O)O)ccc12. The molecule has 0 saturated carbocycles. The van der Waals surface area contributed by atoms with E-state index in [1.807, 2.05) is 0 Å². The number of carbonyl (C=O) groups excluding carboxylic acids is 1. The molecule has 0 saturated heterocycles. The van der Waals surface area contributed by atoms with Gasteiger partial charge in [-0.05, 0) is 18.2 Å². The van der Waals surface area contributed by atoms with Crippen molar-refractivity contribution in [3.05, 3.63) is 30.1 Å². The van der Waals surface area contributed by atoms with Crippen LogP contribution in [0.2, 0.25) is 0 Å². The Kier molecular flexibility index (Phi) is 3.96. The fourth-order valence-electron chi connectivity index (χ4n) is 1.47. The van der Waals surface area contributed by atoms with Gasteiger partial charge in [0, 0.05) is 5.39 Å². The van der Waals surface area contributed by atoms with Crippen LogP contribution in [0.25, 0.3) is 10.9 Å². The molecule has 0 unspecified atom stereocenters.